The Kier molecular flexibility index (Phi) is 2.09. The fraction of sp³-hybridized carbons (Fsp3) is 0.111. The molecule has 0 saturated carbocycles. The van der Waals surface area contributed by atoms with Gasteiger partial charge >= 0.3 is 0 Å². The van der Waals surface area contributed by atoms with Crippen molar-refractivity contribution in [2.45, 2.75) is 6.92 Å². The number of hydrogen-bond acceptors (Lipinski definition) is 5. The standard InChI is InChI=1S/C9H9N3OS/c1-5(12-13)6-2-3-7-8(4-6)14-9(10)11-7/h2-4,13H,1H3,(H2,10,11)/b12-5-. The predicted molar refractivity (Wildman–Crippen MR) is 58.0 cm³/mol. The number of benzene rings is 1. The lowest BCUT2D eigenvalue weighted by Gasteiger charge is -1.96. The van der Waals surface area contributed by atoms with Crippen molar-refractivity contribution in [2.24, 2.45) is 5.16 Å². The third-order valence-electron chi connectivity index (χ3n) is 1.97. The van der Waals surface area contributed by atoms with Crippen molar-refractivity contribution in [3.63, 3.8) is 0 Å². The summed E-state index contributed by atoms with van der Waals surface area (Å²) in [7, 11) is 0. The SMILES string of the molecule is C/C(=N/O)c1ccc2nc(N)sc2c1. The summed E-state index contributed by atoms with van der Waals surface area (Å²) in [6, 6.07) is 5.64. The number of anilines is 1. The molecule has 0 bridgehead atoms. The Morgan fingerprint density at radius 1 is 1.57 bits per heavy atom. The van der Waals surface area contributed by atoms with Crippen molar-refractivity contribution in [3.05, 3.63) is 23.8 Å². The van der Waals surface area contributed by atoms with Crippen molar-refractivity contribution >= 4 is 32.4 Å². The molecule has 0 atom stereocenters. The van der Waals surface area contributed by atoms with Crippen LogP contribution in [0.1, 0.15) is 12.5 Å². The highest BCUT2D eigenvalue weighted by Crippen LogP contribution is 2.24. The highest BCUT2D eigenvalue weighted by Gasteiger charge is 2.03. The molecule has 1 aromatic carbocycles. The van der Waals surface area contributed by atoms with Gasteiger partial charge in [-0.15, -0.1) is 0 Å². The molecular weight excluding hydrogens is 198 g/mol. The zero-order valence-electron chi connectivity index (χ0n) is 7.56. The molecule has 0 spiro atoms. The van der Waals surface area contributed by atoms with Crippen LogP contribution in [-0.4, -0.2) is 15.9 Å². The highest BCUT2D eigenvalue weighted by molar-refractivity contribution is 7.22. The minimum absolute atomic E-state index is 0.552. The van der Waals surface area contributed by atoms with Crippen LogP contribution in [0.3, 0.4) is 0 Å². The van der Waals surface area contributed by atoms with Gasteiger partial charge in [0, 0.05) is 5.56 Å². The van der Waals surface area contributed by atoms with E-state index in [1.807, 2.05) is 18.2 Å². The van der Waals surface area contributed by atoms with Crippen molar-refractivity contribution in [3.8, 4) is 0 Å². The topological polar surface area (TPSA) is 71.5 Å². The second kappa shape index (κ2) is 3.26. The van der Waals surface area contributed by atoms with Crippen LogP contribution in [0.25, 0.3) is 10.2 Å². The van der Waals surface area contributed by atoms with Gasteiger partial charge in [0.25, 0.3) is 0 Å². The largest absolute Gasteiger partial charge is 0.411 e. The van der Waals surface area contributed by atoms with Crippen LogP contribution < -0.4 is 5.73 Å². The van der Waals surface area contributed by atoms with Crippen LogP contribution in [0.2, 0.25) is 0 Å². The summed E-state index contributed by atoms with van der Waals surface area (Å²) in [5.41, 5.74) is 7.91. The van der Waals surface area contributed by atoms with Gasteiger partial charge in [-0.25, -0.2) is 4.98 Å². The van der Waals surface area contributed by atoms with Crippen molar-refractivity contribution in [2.75, 3.05) is 5.73 Å². The van der Waals surface area contributed by atoms with Crippen molar-refractivity contribution < 1.29 is 5.21 Å². The van der Waals surface area contributed by atoms with Crippen LogP contribution >= 0.6 is 11.3 Å². The molecule has 72 valence electrons. The molecule has 0 aliphatic rings. The first-order valence-corrected chi connectivity index (χ1v) is 4.87. The third-order valence-corrected chi connectivity index (χ3v) is 2.82. The van der Waals surface area contributed by atoms with E-state index in [1.165, 1.54) is 11.3 Å². The van der Waals surface area contributed by atoms with Gasteiger partial charge in [-0.2, -0.15) is 0 Å². The average Bonchev–Trinajstić information content (AvgIpc) is 2.55. The van der Waals surface area contributed by atoms with Gasteiger partial charge in [-0.1, -0.05) is 22.6 Å². The molecule has 2 rings (SSSR count). The molecule has 0 fully saturated rings. The second-order valence-electron chi connectivity index (χ2n) is 2.92. The Bertz CT molecular complexity index is 504. The molecule has 0 amide bonds. The number of nitrogens with two attached hydrogens (primary N) is 1. The molecule has 0 unspecified atom stereocenters. The van der Waals surface area contributed by atoms with Gasteiger partial charge in [-0.05, 0) is 19.1 Å². The zero-order valence-corrected chi connectivity index (χ0v) is 8.38. The van der Waals surface area contributed by atoms with E-state index in [2.05, 4.69) is 10.1 Å². The molecule has 3 N–H and O–H groups in total. The van der Waals surface area contributed by atoms with Gasteiger partial charge in [0.05, 0.1) is 15.9 Å². The van der Waals surface area contributed by atoms with Crippen LogP contribution in [0.5, 0.6) is 0 Å². The number of fused-ring (bicyclic) bond motifs is 1. The summed E-state index contributed by atoms with van der Waals surface area (Å²) in [6.45, 7) is 1.74. The molecule has 5 heteroatoms. The molecule has 0 radical (unpaired) electrons. The number of oxime groups is 1. The molecule has 0 aliphatic carbocycles. The summed E-state index contributed by atoms with van der Waals surface area (Å²) in [5.74, 6) is 0. The summed E-state index contributed by atoms with van der Waals surface area (Å²) < 4.78 is 1.00. The number of thiazole rings is 1. The Morgan fingerprint density at radius 3 is 3.07 bits per heavy atom. The number of aromatic nitrogens is 1. The maximum Gasteiger partial charge on any atom is 0.181 e. The fourth-order valence-electron chi connectivity index (χ4n) is 1.23. The van der Waals surface area contributed by atoms with E-state index in [9.17, 15) is 0 Å². The molecule has 1 heterocycles. The first-order chi connectivity index (χ1) is 6.70. The van der Waals surface area contributed by atoms with Gasteiger partial charge in [0.2, 0.25) is 0 Å². The van der Waals surface area contributed by atoms with Crippen molar-refractivity contribution in [1.82, 2.24) is 4.98 Å². The van der Waals surface area contributed by atoms with E-state index in [1.54, 1.807) is 6.92 Å². The summed E-state index contributed by atoms with van der Waals surface area (Å²) in [6.07, 6.45) is 0. The second-order valence-corrected chi connectivity index (χ2v) is 3.98. The van der Waals surface area contributed by atoms with Crippen LogP contribution in [0.15, 0.2) is 23.4 Å². The normalized spacial score (nSPS) is 12.2. The number of hydrogen-bond donors (Lipinski definition) is 2. The Balaban J connectivity index is 2.61. The first-order valence-electron chi connectivity index (χ1n) is 4.06. The molecule has 0 aliphatic heterocycles. The maximum atomic E-state index is 8.62. The molecule has 0 saturated heterocycles. The summed E-state index contributed by atoms with van der Waals surface area (Å²) in [4.78, 5) is 4.13. The third kappa shape index (κ3) is 1.42. The van der Waals surface area contributed by atoms with Crippen LogP contribution in [0, 0.1) is 0 Å². The van der Waals surface area contributed by atoms with Gasteiger partial charge in [0.1, 0.15) is 0 Å². The quantitative estimate of drug-likeness (QED) is 0.427. The minimum atomic E-state index is 0.552. The predicted octanol–water partition coefficient (Wildman–Crippen LogP) is 2.08. The minimum Gasteiger partial charge on any atom is -0.411 e. The van der Waals surface area contributed by atoms with E-state index in [0.717, 1.165) is 15.8 Å². The number of rotatable bonds is 1. The molecule has 1 aromatic heterocycles. The van der Waals surface area contributed by atoms with Crippen molar-refractivity contribution in [1.29, 1.82) is 0 Å². The van der Waals surface area contributed by atoms with E-state index in [0.29, 0.717) is 10.8 Å². The van der Waals surface area contributed by atoms with E-state index in [4.69, 9.17) is 10.9 Å². The van der Waals surface area contributed by atoms with Gasteiger partial charge in [-0.3, -0.25) is 0 Å². The summed E-state index contributed by atoms with van der Waals surface area (Å²) >= 11 is 1.42. The first kappa shape index (κ1) is 8.96. The maximum absolute atomic E-state index is 8.62. The van der Waals surface area contributed by atoms with Gasteiger partial charge in [0.15, 0.2) is 5.13 Å². The monoisotopic (exact) mass is 207 g/mol. The van der Waals surface area contributed by atoms with Crippen LogP contribution in [0.4, 0.5) is 5.13 Å². The molecular formula is C9H9N3OS. The fourth-order valence-corrected chi connectivity index (χ4v) is 2.00. The smallest absolute Gasteiger partial charge is 0.181 e. The van der Waals surface area contributed by atoms with Crippen LogP contribution in [-0.2, 0) is 0 Å². The zero-order chi connectivity index (χ0) is 10.1. The Labute approximate surface area is 84.7 Å². The number of nitrogens with zero attached hydrogens (tertiary/aromatic N) is 2. The highest BCUT2D eigenvalue weighted by atomic mass is 32.1. The summed E-state index contributed by atoms with van der Waals surface area (Å²) in [5, 5.41) is 12.3. The van der Waals surface area contributed by atoms with E-state index in [-0.39, 0.29) is 0 Å². The molecule has 4 nitrogen and oxygen atoms in total. The molecule has 14 heavy (non-hydrogen) atoms. The lowest BCUT2D eigenvalue weighted by atomic mass is 10.1. The Morgan fingerprint density at radius 2 is 2.36 bits per heavy atom. The average molecular weight is 207 g/mol. The lowest BCUT2D eigenvalue weighted by Crippen LogP contribution is -1.92. The lowest BCUT2D eigenvalue weighted by molar-refractivity contribution is 0.319. The van der Waals surface area contributed by atoms with E-state index >= 15 is 0 Å². The van der Waals surface area contributed by atoms with E-state index < -0.39 is 0 Å². The van der Waals surface area contributed by atoms with Gasteiger partial charge < -0.3 is 10.9 Å². The molecule has 2 aromatic rings. The Hall–Kier alpha value is -1.62. The number of nitrogen functional groups attached to an aromatic ring is 1.